The van der Waals surface area contributed by atoms with Crippen LogP contribution in [0.5, 0.6) is 0 Å². The van der Waals surface area contributed by atoms with E-state index in [0.717, 1.165) is 17.7 Å². The molecule has 1 amide bonds. The summed E-state index contributed by atoms with van der Waals surface area (Å²) in [7, 11) is 0. The van der Waals surface area contributed by atoms with Crippen molar-refractivity contribution in [3.05, 3.63) is 47.3 Å². The van der Waals surface area contributed by atoms with Crippen molar-refractivity contribution in [2.24, 2.45) is 0 Å². The molecule has 0 aliphatic heterocycles. The van der Waals surface area contributed by atoms with Crippen LogP contribution in [0.2, 0.25) is 0 Å². The maximum atomic E-state index is 12.4. The number of nitrogen functional groups attached to an aromatic ring is 1. The Balaban J connectivity index is 2.13. The van der Waals surface area contributed by atoms with Gasteiger partial charge in [-0.15, -0.1) is 0 Å². The van der Waals surface area contributed by atoms with Crippen molar-refractivity contribution in [2.45, 2.75) is 39.8 Å². The predicted molar refractivity (Wildman–Crippen MR) is 84.0 cm³/mol. The number of nitrogens with one attached hydrogen (secondary N) is 1. The number of aryl methyl sites for hydroxylation is 2. The normalized spacial score (nSPS) is 12.1. The van der Waals surface area contributed by atoms with Crippen molar-refractivity contribution >= 4 is 11.6 Å². The summed E-state index contributed by atoms with van der Waals surface area (Å²) in [5, 5.41) is 7.40. The Labute approximate surface area is 125 Å². The maximum Gasteiger partial charge on any atom is 0.270 e. The summed E-state index contributed by atoms with van der Waals surface area (Å²) in [6, 6.07) is 9.30. The van der Waals surface area contributed by atoms with Crippen LogP contribution in [0.1, 0.15) is 48.6 Å². The molecule has 21 heavy (non-hydrogen) atoms. The Morgan fingerprint density at radius 3 is 2.57 bits per heavy atom. The molecule has 1 heterocycles. The minimum Gasteiger partial charge on any atom is -0.399 e. The van der Waals surface area contributed by atoms with Gasteiger partial charge >= 0.3 is 0 Å². The van der Waals surface area contributed by atoms with E-state index in [1.54, 1.807) is 4.68 Å². The van der Waals surface area contributed by atoms with Crippen LogP contribution in [0.15, 0.2) is 30.3 Å². The number of carbonyl (C=O) groups excluding carboxylic acids is 1. The fourth-order valence-corrected chi connectivity index (χ4v) is 2.21. The minimum absolute atomic E-state index is 0.0802. The summed E-state index contributed by atoms with van der Waals surface area (Å²) in [5.41, 5.74) is 8.96. The molecule has 1 aromatic heterocycles. The van der Waals surface area contributed by atoms with E-state index >= 15 is 0 Å². The Bertz CT molecular complexity index is 616. The van der Waals surface area contributed by atoms with E-state index in [9.17, 15) is 4.79 Å². The van der Waals surface area contributed by atoms with Crippen molar-refractivity contribution in [3.8, 4) is 0 Å². The Morgan fingerprint density at radius 2 is 2.00 bits per heavy atom. The molecule has 0 radical (unpaired) electrons. The molecule has 0 saturated heterocycles. The van der Waals surface area contributed by atoms with Gasteiger partial charge in [0.15, 0.2) is 0 Å². The molecule has 2 aromatic rings. The summed E-state index contributed by atoms with van der Waals surface area (Å²) in [6.07, 6.45) is 0.820. The summed E-state index contributed by atoms with van der Waals surface area (Å²) in [4.78, 5) is 12.4. The molecule has 1 unspecified atom stereocenters. The van der Waals surface area contributed by atoms with Crippen LogP contribution in [0, 0.1) is 0 Å². The monoisotopic (exact) mass is 286 g/mol. The lowest BCUT2D eigenvalue weighted by Gasteiger charge is -2.15. The Hall–Kier alpha value is -2.30. The maximum absolute atomic E-state index is 12.4. The second kappa shape index (κ2) is 6.43. The summed E-state index contributed by atoms with van der Waals surface area (Å²) < 4.78 is 1.74. The number of carbonyl (C=O) groups is 1. The van der Waals surface area contributed by atoms with Crippen LogP contribution >= 0.6 is 0 Å². The van der Waals surface area contributed by atoms with Crippen molar-refractivity contribution in [3.63, 3.8) is 0 Å². The van der Waals surface area contributed by atoms with Gasteiger partial charge < -0.3 is 11.1 Å². The van der Waals surface area contributed by atoms with E-state index in [0.29, 0.717) is 17.9 Å². The number of benzene rings is 1. The van der Waals surface area contributed by atoms with Crippen molar-refractivity contribution in [2.75, 3.05) is 5.73 Å². The number of anilines is 1. The molecule has 2 rings (SSSR count). The first-order valence-corrected chi connectivity index (χ1v) is 7.28. The van der Waals surface area contributed by atoms with E-state index in [4.69, 9.17) is 5.73 Å². The van der Waals surface area contributed by atoms with Crippen molar-refractivity contribution < 1.29 is 4.79 Å². The highest BCUT2D eigenvalue weighted by molar-refractivity contribution is 5.93. The third-order valence-electron chi connectivity index (χ3n) is 3.51. The first-order valence-electron chi connectivity index (χ1n) is 7.28. The standard InChI is InChI=1S/C16H22N4O/c1-4-14-10-15(20(5-2)19-14)16(21)18-11(3)12-6-8-13(17)9-7-12/h6-11H,4-5,17H2,1-3H3,(H,18,21). The summed E-state index contributed by atoms with van der Waals surface area (Å²) in [5.74, 6) is -0.103. The van der Waals surface area contributed by atoms with Crippen molar-refractivity contribution in [1.29, 1.82) is 0 Å². The molecule has 5 nitrogen and oxygen atoms in total. The zero-order chi connectivity index (χ0) is 15.4. The first-order chi connectivity index (χ1) is 10.0. The van der Waals surface area contributed by atoms with Gasteiger partial charge in [-0.2, -0.15) is 5.10 Å². The van der Waals surface area contributed by atoms with Crippen LogP contribution in [0.4, 0.5) is 5.69 Å². The second-order valence-electron chi connectivity index (χ2n) is 5.05. The predicted octanol–water partition coefficient (Wildman–Crippen LogP) is 2.54. The molecule has 0 spiro atoms. The van der Waals surface area contributed by atoms with Gasteiger partial charge in [-0.25, -0.2) is 0 Å². The van der Waals surface area contributed by atoms with E-state index in [-0.39, 0.29) is 11.9 Å². The lowest BCUT2D eigenvalue weighted by atomic mass is 10.1. The number of nitrogens with two attached hydrogens (primary N) is 1. The fourth-order valence-electron chi connectivity index (χ4n) is 2.21. The van der Waals surface area contributed by atoms with Crippen LogP contribution in [0.3, 0.4) is 0 Å². The third kappa shape index (κ3) is 3.42. The highest BCUT2D eigenvalue weighted by Gasteiger charge is 2.16. The molecule has 0 aliphatic rings. The Kier molecular flexibility index (Phi) is 4.62. The number of amides is 1. The zero-order valence-corrected chi connectivity index (χ0v) is 12.8. The first kappa shape index (κ1) is 15.1. The van der Waals surface area contributed by atoms with Gasteiger partial charge in [-0.1, -0.05) is 19.1 Å². The van der Waals surface area contributed by atoms with Gasteiger partial charge in [0.1, 0.15) is 5.69 Å². The molecule has 5 heteroatoms. The molecule has 0 saturated carbocycles. The highest BCUT2D eigenvalue weighted by atomic mass is 16.2. The lowest BCUT2D eigenvalue weighted by molar-refractivity contribution is 0.0929. The molecule has 112 valence electrons. The van der Waals surface area contributed by atoms with Crippen molar-refractivity contribution in [1.82, 2.24) is 15.1 Å². The number of hydrogen-bond donors (Lipinski definition) is 2. The van der Waals surface area contributed by atoms with Crippen LogP contribution in [0.25, 0.3) is 0 Å². The smallest absolute Gasteiger partial charge is 0.270 e. The Morgan fingerprint density at radius 1 is 1.33 bits per heavy atom. The highest BCUT2D eigenvalue weighted by Crippen LogP contribution is 2.15. The largest absolute Gasteiger partial charge is 0.399 e. The van der Waals surface area contributed by atoms with Gasteiger partial charge in [0, 0.05) is 12.2 Å². The van der Waals surface area contributed by atoms with Crippen LogP contribution < -0.4 is 11.1 Å². The molecule has 3 N–H and O–H groups in total. The van der Waals surface area contributed by atoms with E-state index in [1.165, 1.54) is 0 Å². The van der Waals surface area contributed by atoms with E-state index in [2.05, 4.69) is 10.4 Å². The number of aromatic nitrogens is 2. The van der Waals surface area contributed by atoms with E-state index < -0.39 is 0 Å². The average molecular weight is 286 g/mol. The summed E-state index contributed by atoms with van der Waals surface area (Å²) >= 11 is 0. The van der Waals surface area contributed by atoms with Crippen LogP contribution in [-0.2, 0) is 13.0 Å². The van der Waals surface area contributed by atoms with Gasteiger partial charge in [-0.3, -0.25) is 9.48 Å². The number of rotatable bonds is 5. The third-order valence-corrected chi connectivity index (χ3v) is 3.51. The number of nitrogens with zero attached hydrogens (tertiary/aromatic N) is 2. The average Bonchev–Trinajstić information content (AvgIpc) is 2.91. The lowest BCUT2D eigenvalue weighted by Crippen LogP contribution is -2.28. The van der Waals surface area contributed by atoms with E-state index in [1.807, 2.05) is 51.1 Å². The van der Waals surface area contributed by atoms with Crippen LogP contribution in [-0.4, -0.2) is 15.7 Å². The summed E-state index contributed by atoms with van der Waals surface area (Å²) in [6.45, 7) is 6.64. The molecule has 0 fully saturated rings. The van der Waals surface area contributed by atoms with Gasteiger partial charge in [0.25, 0.3) is 5.91 Å². The van der Waals surface area contributed by atoms with Gasteiger partial charge in [-0.05, 0) is 44.0 Å². The molecule has 1 atom stereocenters. The molecule has 0 aliphatic carbocycles. The SMILES string of the molecule is CCc1cc(C(=O)NC(C)c2ccc(N)cc2)n(CC)n1. The topological polar surface area (TPSA) is 72.9 Å². The van der Waals surface area contributed by atoms with Gasteiger partial charge in [0.05, 0.1) is 11.7 Å². The molecular formula is C16H22N4O. The quantitative estimate of drug-likeness (QED) is 0.830. The fraction of sp³-hybridized carbons (Fsp3) is 0.375. The zero-order valence-electron chi connectivity index (χ0n) is 12.8. The molecule has 0 bridgehead atoms. The molecular weight excluding hydrogens is 264 g/mol. The second-order valence-corrected chi connectivity index (χ2v) is 5.05. The number of hydrogen-bond acceptors (Lipinski definition) is 3. The molecule has 1 aromatic carbocycles. The minimum atomic E-state index is -0.103. The van der Waals surface area contributed by atoms with Gasteiger partial charge in [0.2, 0.25) is 0 Å².